The minimum atomic E-state index is -3.24. The van der Waals surface area contributed by atoms with Crippen LogP contribution in [0.2, 0.25) is 0 Å². The Balaban J connectivity index is 2.54. The number of halogens is 3. The smallest absolute Gasteiger partial charge is 0.326 e. The van der Waals surface area contributed by atoms with Crippen LogP contribution in [0.1, 0.15) is 22.8 Å². The van der Waals surface area contributed by atoms with Crippen molar-refractivity contribution in [1.29, 1.82) is 0 Å². The van der Waals surface area contributed by atoms with Crippen LogP contribution >= 0.6 is 0 Å². The van der Waals surface area contributed by atoms with Crippen LogP contribution in [0.15, 0.2) is 18.2 Å². The van der Waals surface area contributed by atoms with Gasteiger partial charge in [-0.2, -0.15) is 0 Å². The Hall–Kier alpha value is -1.85. The van der Waals surface area contributed by atoms with Gasteiger partial charge in [0.1, 0.15) is 5.82 Å². The molecule has 19 heavy (non-hydrogen) atoms. The molecule has 3 nitrogen and oxygen atoms in total. The van der Waals surface area contributed by atoms with Gasteiger partial charge < -0.3 is 4.74 Å². The summed E-state index contributed by atoms with van der Waals surface area (Å²) in [5.41, 5.74) is -2.94. The highest BCUT2D eigenvalue weighted by Gasteiger charge is 2.60. The lowest BCUT2D eigenvalue weighted by molar-refractivity contribution is -0.159. The molecule has 0 amide bonds. The number of rotatable bonds is 3. The summed E-state index contributed by atoms with van der Waals surface area (Å²) in [5, 5.41) is 0. The zero-order valence-corrected chi connectivity index (χ0v) is 10.1. The van der Waals surface area contributed by atoms with Gasteiger partial charge in [0.15, 0.2) is 11.2 Å². The van der Waals surface area contributed by atoms with Gasteiger partial charge in [0.25, 0.3) is 6.43 Å². The first kappa shape index (κ1) is 13.6. The van der Waals surface area contributed by atoms with Crippen molar-refractivity contribution in [3.05, 3.63) is 35.1 Å². The molecular weight excluding hydrogens is 261 g/mol. The van der Waals surface area contributed by atoms with E-state index in [2.05, 4.69) is 4.74 Å². The number of benzene rings is 1. The molecule has 1 aliphatic carbocycles. The van der Waals surface area contributed by atoms with Crippen LogP contribution in [0.4, 0.5) is 13.2 Å². The molecule has 1 atom stereocenters. The number of esters is 1. The molecule has 1 aromatic rings. The summed E-state index contributed by atoms with van der Waals surface area (Å²) in [4.78, 5) is 23.8. The number of carbonyl (C=O) groups excluding carboxylic acids is 2. The Labute approximate surface area is 107 Å². The molecule has 0 spiro atoms. The van der Waals surface area contributed by atoms with Crippen LogP contribution in [0.5, 0.6) is 0 Å². The summed E-state index contributed by atoms with van der Waals surface area (Å²) >= 11 is 0. The van der Waals surface area contributed by atoms with Gasteiger partial charge in [-0.15, -0.1) is 0 Å². The number of fused-ring (bicyclic) bond motifs is 1. The Kier molecular flexibility index (Phi) is 3.34. The minimum Gasteiger partial charge on any atom is -0.465 e. The largest absolute Gasteiger partial charge is 0.465 e. The van der Waals surface area contributed by atoms with Crippen LogP contribution in [-0.2, 0) is 16.0 Å². The molecule has 0 fully saturated rings. The maximum absolute atomic E-state index is 13.6. The predicted octanol–water partition coefficient (Wildman–Crippen LogP) is 2.38. The number of Topliss-reactive ketones (excluding diaryl/α,β-unsaturated/α-hetero) is 1. The summed E-state index contributed by atoms with van der Waals surface area (Å²) in [7, 11) is 0. The fourth-order valence-electron chi connectivity index (χ4n) is 2.24. The van der Waals surface area contributed by atoms with Crippen molar-refractivity contribution >= 4 is 11.8 Å². The normalized spacial score (nSPS) is 21.6. The standard InChI is InChI=1S/C13H11F3O3/c1-2-19-12(18)13(11(15)16)6-8-7(10(13)17)4-3-5-9(8)14/h3-5,11H,2,6H2,1H3. The van der Waals surface area contributed by atoms with E-state index >= 15 is 0 Å². The van der Waals surface area contributed by atoms with Gasteiger partial charge in [0.2, 0.25) is 0 Å². The van der Waals surface area contributed by atoms with Gasteiger partial charge in [0.05, 0.1) is 6.61 Å². The monoisotopic (exact) mass is 272 g/mol. The average molecular weight is 272 g/mol. The summed E-state index contributed by atoms with van der Waals surface area (Å²) in [6.07, 6.45) is -3.91. The Morgan fingerprint density at radius 3 is 2.68 bits per heavy atom. The van der Waals surface area contributed by atoms with E-state index in [0.29, 0.717) is 0 Å². The van der Waals surface area contributed by atoms with Gasteiger partial charge in [0, 0.05) is 17.5 Å². The average Bonchev–Trinajstić information content (AvgIpc) is 2.66. The quantitative estimate of drug-likeness (QED) is 0.626. The minimum absolute atomic E-state index is 0.126. The highest BCUT2D eigenvalue weighted by atomic mass is 19.3. The first-order valence-corrected chi connectivity index (χ1v) is 5.72. The van der Waals surface area contributed by atoms with Crippen molar-refractivity contribution in [3.8, 4) is 0 Å². The van der Waals surface area contributed by atoms with Crippen molar-refractivity contribution in [1.82, 2.24) is 0 Å². The second-order valence-electron chi connectivity index (χ2n) is 4.26. The number of alkyl halides is 2. The molecule has 1 aliphatic rings. The topological polar surface area (TPSA) is 43.4 Å². The lowest BCUT2D eigenvalue weighted by atomic mass is 9.84. The van der Waals surface area contributed by atoms with E-state index in [0.717, 1.165) is 6.07 Å². The van der Waals surface area contributed by atoms with Crippen LogP contribution < -0.4 is 0 Å². The second kappa shape index (κ2) is 4.68. The molecule has 0 radical (unpaired) electrons. The van der Waals surface area contributed by atoms with E-state index < -0.39 is 35.8 Å². The van der Waals surface area contributed by atoms with Crippen molar-refractivity contribution in [2.45, 2.75) is 19.8 Å². The zero-order valence-electron chi connectivity index (χ0n) is 10.1. The maximum atomic E-state index is 13.6. The van der Waals surface area contributed by atoms with Crippen LogP contribution in [0.25, 0.3) is 0 Å². The van der Waals surface area contributed by atoms with E-state index in [1.807, 2.05) is 0 Å². The number of carbonyl (C=O) groups is 2. The third-order valence-corrected chi connectivity index (χ3v) is 3.24. The van der Waals surface area contributed by atoms with Crippen LogP contribution in [0, 0.1) is 11.2 Å². The predicted molar refractivity (Wildman–Crippen MR) is 59.5 cm³/mol. The molecule has 1 unspecified atom stereocenters. The van der Waals surface area contributed by atoms with E-state index in [4.69, 9.17) is 0 Å². The Morgan fingerprint density at radius 1 is 1.47 bits per heavy atom. The van der Waals surface area contributed by atoms with Gasteiger partial charge in [-0.3, -0.25) is 9.59 Å². The number of hydrogen-bond acceptors (Lipinski definition) is 3. The zero-order chi connectivity index (χ0) is 14.2. The Morgan fingerprint density at radius 2 is 2.16 bits per heavy atom. The maximum Gasteiger partial charge on any atom is 0.326 e. The summed E-state index contributed by atoms with van der Waals surface area (Å²) in [6, 6.07) is 3.56. The van der Waals surface area contributed by atoms with Gasteiger partial charge in [-0.1, -0.05) is 12.1 Å². The molecule has 1 aromatic carbocycles. The molecule has 0 N–H and O–H groups in total. The van der Waals surface area contributed by atoms with Crippen molar-refractivity contribution < 1.29 is 27.5 Å². The van der Waals surface area contributed by atoms with Gasteiger partial charge in [-0.25, -0.2) is 13.2 Å². The van der Waals surface area contributed by atoms with Crippen molar-refractivity contribution in [3.63, 3.8) is 0 Å². The van der Waals surface area contributed by atoms with Crippen LogP contribution in [-0.4, -0.2) is 24.8 Å². The summed E-state index contributed by atoms with van der Waals surface area (Å²) in [6.45, 7) is 1.32. The number of hydrogen-bond donors (Lipinski definition) is 0. The van der Waals surface area contributed by atoms with E-state index in [9.17, 15) is 22.8 Å². The fourth-order valence-corrected chi connectivity index (χ4v) is 2.24. The molecule has 2 rings (SSSR count). The molecule has 0 saturated heterocycles. The van der Waals surface area contributed by atoms with E-state index in [-0.39, 0.29) is 17.7 Å². The highest BCUT2D eigenvalue weighted by molar-refractivity contribution is 6.16. The molecule has 0 aromatic heterocycles. The molecule has 0 saturated carbocycles. The van der Waals surface area contributed by atoms with Crippen molar-refractivity contribution in [2.24, 2.45) is 5.41 Å². The molecule has 0 bridgehead atoms. The SMILES string of the molecule is CCOC(=O)C1(C(F)F)Cc2c(F)cccc2C1=O. The summed E-state index contributed by atoms with van der Waals surface area (Å²) < 4.78 is 44.7. The third-order valence-electron chi connectivity index (χ3n) is 3.24. The molecule has 0 heterocycles. The number of ketones is 1. The lowest BCUT2D eigenvalue weighted by Crippen LogP contribution is -2.45. The van der Waals surface area contributed by atoms with Crippen LogP contribution in [0.3, 0.4) is 0 Å². The highest BCUT2D eigenvalue weighted by Crippen LogP contribution is 2.43. The fraction of sp³-hybridized carbons (Fsp3) is 0.385. The molecule has 6 heteroatoms. The molecule has 0 aliphatic heterocycles. The third kappa shape index (κ3) is 1.82. The summed E-state index contributed by atoms with van der Waals surface area (Å²) in [5.74, 6) is -3.14. The Bertz CT molecular complexity index is 542. The second-order valence-corrected chi connectivity index (χ2v) is 4.26. The first-order valence-electron chi connectivity index (χ1n) is 5.72. The number of ether oxygens (including phenoxy) is 1. The van der Waals surface area contributed by atoms with E-state index in [1.54, 1.807) is 0 Å². The first-order chi connectivity index (χ1) is 8.95. The lowest BCUT2D eigenvalue weighted by Gasteiger charge is -2.23. The molecule has 102 valence electrons. The van der Waals surface area contributed by atoms with Gasteiger partial charge in [-0.05, 0) is 13.0 Å². The molecular formula is C13H11F3O3. The van der Waals surface area contributed by atoms with Crippen molar-refractivity contribution in [2.75, 3.05) is 6.61 Å². The van der Waals surface area contributed by atoms with E-state index in [1.165, 1.54) is 19.1 Å². The van der Waals surface area contributed by atoms with Gasteiger partial charge >= 0.3 is 5.97 Å².